The zero-order chi connectivity index (χ0) is 16.8. The number of benzene rings is 3. The van der Waals surface area contributed by atoms with Crippen molar-refractivity contribution in [1.29, 1.82) is 0 Å². The summed E-state index contributed by atoms with van der Waals surface area (Å²) in [6.07, 6.45) is 0. The minimum absolute atomic E-state index is 0.545. The second-order valence-electron chi connectivity index (χ2n) is 5.57. The van der Waals surface area contributed by atoms with Gasteiger partial charge in [0, 0.05) is 11.1 Å². The van der Waals surface area contributed by atoms with Crippen LogP contribution < -0.4 is 15.4 Å². The maximum atomic E-state index is 5.89. The standard InChI is InChI=1S/C20H20N2OS/c1-15-9-11-17(12-10-15)22-20(24)21-13-14-23-19-8-4-6-16-5-2-3-7-18(16)19/h2-12H,13-14H2,1H3,(H2,21,22,24). The molecule has 0 radical (unpaired) electrons. The monoisotopic (exact) mass is 336 g/mol. The molecule has 0 bridgehead atoms. The van der Waals surface area contributed by atoms with E-state index in [0.717, 1.165) is 16.8 Å². The van der Waals surface area contributed by atoms with Crippen molar-refractivity contribution in [2.24, 2.45) is 0 Å². The zero-order valence-corrected chi connectivity index (χ0v) is 14.4. The molecule has 0 saturated heterocycles. The first kappa shape index (κ1) is 16.3. The highest BCUT2D eigenvalue weighted by molar-refractivity contribution is 7.80. The van der Waals surface area contributed by atoms with Gasteiger partial charge in [-0.1, -0.05) is 54.1 Å². The van der Waals surface area contributed by atoms with Crippen LogP contribution in [0.15, 0.2) is 66.7 Å². The van der Waals surface area contributed by atoms with Gasteiger partial charge in [-0.2, -0.15) is 0 Å². The molecule has 0 spiro atoms. The molecule has 24 heavy (non-hydrogen) atoms. The molecule has 0 heterocycles. The molecule has 0 unspecified atom stereocenters. The molecule has 3 aromatic carbocycles. The van der Waals surface area contributed by atoms with E-state index < -0.39 is 0 Å². The third-order valence-electron chi connectivity index (χ3n) is 3.70. The van der Waals surface area contributed by atoms with E-state index in [1.54, 1.807) is 0 Å². The summed E-state index contributed by atoms with van der Waals surface area (Å²) in [4.78, 5) is 0. The Labute approximate surface area is 147 Å². The molecule has 0 saturated carbocycles. The average Bonchev–Trinajstić information content (AvgIpc) is 2.61. The Morgan fingerprint density at radius 3 is 2.54 bits per heavy atom. The van der Waals surface area contributed by atoms with E-state index in [1.165, 1.54) is 10.9 Å². The summed E-state index contributed by atoms with van der Waals surface area (Å²) in [5, 5.41) is 9.22. The van der Waals surface area contributed by atoms with Crippen LogP contribution in [0.3, 0.4) is 0 Å². The molecule has 3 nitrogen and oxygen atoms in total. The summed E-state index contributed by atoms with van der Waals surface area (Å²) in [6.45, 7) is 3.25. The van der Waals surface area contributed by atoms with Crippen molar-refractivity contribution in [1.82, 2.24) is 5.32 Å². The van der Waals surface area contributed by atoms with Crippen molar-refractivity contribution in [2.75, 3.05) is 18.5 Å². The van der Waals surface area contributed by atoms with Gasteiger partial charge in [0.2, 0.25) is 0 Å². The van der Waals surface area contributed by atoms with Crippen LogP contribution in [0.2, 0.25) is 0 Å². The largest absolute Gasteiger partial charge is 0.491 e. The van der Waals surface area contributed by atoms with Gasteiger partial charge < -0.3 is 15.4 Å². The lowest BCUT2D eigenvalue weighted by molar-refractivity contribution is 0.326. The highest BCUT2D eigenvalue weighted by atomic mass is 32.1. The Hall–Kier alpha value is -2.59. The molecule has 0 aliphatic carbocycles. The number of aryl methyl sites for hydroxylation is 1. The number of ether oxygens (including phenoxy) is 1. The van der Waals surface area contributed by atoms with Crippen LogP contribution in [-0.2, 0) is 0 Å². The molecule has 0 aliphatic heterocycles. The van der Waals surface area contributed by atoms with E-state index in [2.05, 4.69) is 47.9 Å². The maximum absolute atomic E-state index is 5.89. The molecule has 0 aliphatic rings. The highest BCUT2D eigenvalue weighted by Crippen LogP contribution is 2.24. The predicted octanol–water partition coefficient (Wildman–Crippen LogP) is 4.51. The van der Waals surface area contributed by atoms with Crippen LogP contribution in [0.25, 0.3) is 10.8 Å². The Morgan fingerprint density at radius 1 is 0.958 bits per heavy atom. The molecular formula is C20H20N2OS. The third-order valence-corrected chi connectivity index (χ3v) is 3.95. The van der Waals surface area contributed by atoms with Gasteiger partial charge in [-0.15, -0.1) is 0 Å². The fourth-order valence-corrected chi connectivity index (χ4v) is 2.68. The lowest BCUT2D eigenvalue weighted by Gasteiger charge is -2.12. The van der Waals surface area contributed by atoms with Gasteiger partial charge >= 0.3 is 0 Å². The molecule has 2 N–H and O–H groups in total. The summed E-state index contributed by atoms with van der Waals surface area (Å²) >= 11 is 5.30. The minimum atomic E-state index is 0.545. The van der Waals surface area contributed by atoms with Gasteiger partial charge in [-0.25, -0.2) is 0 Å². The van der Waals surface area contributed by atoms with E-state index >= 15 is 0 Å². The number of hydrogen-bond acceptors (Lipinski definition) is 2. The quantitative estimate of drug-likeness (QED) is 0.530. The molecule has 0 fully saturated rings. The van der Waals surface area contributed by atoms with E-state index in [-0.39, 0.29) is 0 Å². The van der Waals surface area contributed by atoms with E-state index in [1.807, 2.05) is 36.4 Å². The average molecular weight is 336 g/mol. The van der Waals surface area contributed by atoms with Gasteiger partial charge in [0.15, 0.2) is 5.11 Å². The lowest BCUT2D eigenvalue weighted by atomic mass is 10.1. The van der Waals surface area contributed by atoms with Crippen LogP contribution in [-0.4, -0.2) is 18.3 Å². The fourth-order valence-electron chi connectivity index (χ4n) is 2.46. The van der Waals surface area contributed by atoms with Crippen LogP contribution in [0.5, 0.6) is 5.75 Å². The van der Waals surface area contributed by atoms with Gasteiger partial charge in [0.1, 0.15) is 12.4 Å². The molecule has 3 aromatic rings. The van der Waals surface area contributed by atoms with Gasteiger partial charge in [0.25, 0.3) is 0 Å². The SMILES string of the molecule is Cc1ccc(NC(=S)NCCOc2cccc3ccccc23)cc1. The molecule has 0 atom stereocenters. The first-order chi connectivity index (χ1) is 11.7. The zero-order valence-electron chi connectivity index (χ0n) is 13.6. The van der Waals surface area contributed by atoms with Crippen molar-refractivity contribution < 1.29 is 4.74 Å². The van der Waals surface area contributed by atoms with Crippen molar-refractivity contribution in [3.05, 3.63) is 72.3 Å². The molecule has 0 amide bonds. The molecule has 0 aromatic heterocycles. The summed E-state index contributed by atoms with van der Waals surface area (Å²) < 4.78 is 5.89. The van der Waals surface area contributed by atoms with Crippen LogP contribution >= 0.6 is 12.2 Å². The maximum Gasteiger partial charge on any atom is 0.170 e. The van der Waals surface area contributed by atoms with Gasteiger partial charge in [-0.05, 0) is 42.7 Å². The summed E-state index contributed by atoms with van der Waals surface area (Å²) in [5.41, 5.74) is 2.20. The summed E-state index contributed by atoms with van der Waals surface area (Å²) in [5.74, 6) is 0.896. The second-order valence-corrected chi connectivity index (χ2v) is 5.98. The van der Waals surface area contributed by atoms with Crippen LogP contribution in [0.1, 0.15) is 5.56 Å². The number of rotatable bonds is 5. The fraction of sp³-hybridized carbons (Fsp3) is 0.150. The van der Waals surface area contributed by atoms with Crippen LogP contribution in [0, 0.1) is 6.92 Å². The van der Waals surface area contributed by atoms with Gasteiger partial charge in [-0.3, -0.25) is 0 Å². The smallest absolute Gasteiger partial charge is 0.170 e. The molecular weight excluding hydrogens is 316 g/mol. The lowest BCUT2D eigenvalue weighted by Crippen LogP contribution is -2.31. The van der Waals surface area contributed by atoms with Crippen LogP contribution in [0.4, 0.5) is 5.69 Å². The number of fused-ring (bicyclic) bond motifs is 1. The van der Waals surface area contributed by atoms with Crippen molar-refractivity contribution in [2.45, 2.75) is 6.92 Å². The Balaban J connectivity index is 1.48. The summed E-state index contributed by atoms with van der Waals surface area (Å²) in [7, 11) is 0. The molecule has 122 valence electrons. The van der Waals surface area contributed by atoms with Crippen molar-refractivity contribution in [3.8, 4) is 5.75 Å². The predicted molar refractivity (Wildman–Crippen MR) is 105 cm³/mol. The number of hydrogen-bond donors (Lipinski definition) is 2. The Morgan fingerprint density at radius 2 is 1.71 bits per heavy atom. The van der Waals surface area contributed by atoms with E-state index in [9.17, 15) is 0 Å². The van der Waals surface area contributed by atoms with Crippen molar-refractivity contribution >= 4 is 33.8 Å². The normalized spacial score (nSPS) is 10.4. The number of anilines is 1. The molecule has 4 heteroatoms. The Kier molecular flexibility index (Phi) is 5.29. The second kappa shape index (κ2) is 7.79. The van der Waals surface area contributed by atoms with E-state index in [4.69, 9.17) is 17.0 Å². The van der Waals surface area contributed by atoms with Gasteiger partial charge in [0.05, 0.1) is 6.54 Å². The summed E-state index contributed by atoms with van der Waals surface area (Å²) in [6, 6.07) is 22.4. The van der Waals surface area contributed by atoms with Crippen molar-refractivity contribution in [3.63, 3.8) is 0 Å². The minimum Gasteiger partial charge on any atom is -0.491 e. The Bertz CT molecular complexity index is 825. The highest BCUT2D eigenvalue weighted by Gasteiger charge is 2.01. The molecule has 3 rings (SSSR count). The third kappa shape index (κ3) is 4.24. The number of nitrogens with one attached hydrogen (secondary N) is 2. The number of thiocarbonyl (C=S) groups is 1. The van der Waals surface area contributed by atoms with E-state index in [0.29, 0.717) is 18.3 Å². The first-order valence-corrected chi connectivity index (χ1v) is 8.35. The topological polar surface area (TPSA) is 33.3 Å². The first-order valence-electron chi connectivity index (χ1n) is 7.94.